The fraction of sp³-hybridized carbons (Fsp3) is 0.562. The summed E-state index contributed by atoms with van der Waals surface area (Å²) in [5, 5.41) is 3.40. The second kappa shape index (κ2) is 8.18. The highest BCUT2D eigenvalue weighted by molar-refractivity contribution is 7.99. The molecule has 1 amide bonds. The van der Waals surface area contributed by atoms with Gasteiger partial charge >= 0.3 is 0 Å². The first-order valence-electron chi connectivity index (χ1n) is 7.65. The molecule has 2 fully saturated rings. The minimum absolute atomic E-state index is 0. The summed E-state index contributed by atoms with van der Waals surface area (Å²) in [5.41, 5.74) is 0. The number of amides is 1. The Morgan fingerprint density at radius 1 is 1.27 bits per heavy atom. The van der Waals surface area contributed by atoms with Crippen LogP contribution in [0, 0.1) is 5.82 Å². The molecule has 0 aromatic heterocycles. The Labute approximate surface area is 141 Å². The van der Waals surface area contributed by atoms with Crippen molar-refractivity contribution >= 4 is 30.1 Å². The van der Waals surface area contributed by atoms with Gasteiger partial charge in [-0.15, -0.1) is 24.2 Å². The van der Waals surface area contributed by atoms with Crippen molar-refractivity contribution in [2.24, 2.45) is 0 Å². The van der Waals surface area contributed by atoms with Crippen LogP contribution < -0.4 is 5.32 Å². The number of halogens is 2. The number of thioether (sulfide) groups is 1. The van der Waals surface area contributed by atoms with E-state index in [-0.39, 0.29) is 24.1 Å². The predicted octanol–water partition coefficient (Wildman–Crippen LogP) is 3.08. The number of benzene rings is 1. The first kappa shape index (κ1) is 17.6. The molecule has 2 bridgehead atoms. The average Bonchev–Trinajstić information content (AvgIpc) is 2.74. The van der Waals surface area contributed by atoms with Crippen LogP contribution in [0.5, 0.6) is 0 Å². The van der Waals surface area contributed by atoms with E-state index in [1.54, 1.807) is 12.1 Å². The number of nitrogens with zero attached hydrogens (tertiary/aromatic N) is 1. The van der Waals surface area contributed by atoms with Crippen LogP contribution in [0.2, 0.25) is 0 Å². The van der Waals surface area contributed by atoms with Gasteiger partial charge in [0.25, 0.3) is 0 Å². The van der Waals surface area contributed by atoms with E-state index < -0.39 is 0 Å². The summed E-state index contributed by atoms with van der Waals surface area (Å²) in [5.74, 6) is 0.674. The molecule has 1 aromatic rings. The van der Waals surface area contributed by atoms with Gasteiger partial charge < -0.3 is 10.2 Å². The number of nitrogens with one attached hydrogen (secondary N) is 1. The van der Waals surface area contributed by atoms with Crippen molar-refractivity contribution in [2.45, 2.75) is 42.7 Å². The average molecular weight is 345 g/mol. The van der Waals surface area contributed by atoms with Crippen molar-refractivity contribution in [3.05, 3.63) is 30.1 Å². The lowest BCUT2D eigenvalue weighted by molar-refractivity contribution is -0.133. The van der Waals surface area contributed by atoms with Gasteiger partial charge in [0, 0.05) is 35.7 Å². The van der Waals surface area contributed by atoms with Crippen molar-refractivity contribution in [3.8, 4) is 0 Å². The van der Waals surface area contributed by atoms with Crippen molar-refractivity contribution in [2.75, 3.05) is 18.8 Å². The minimum Gasteiger partial charge on any atom is -0.335 e. The Hall–Kier alpha value is -0.780. The summed E-state index contributed by atoms with van der Waals surface area (Å²) in [7, 11) is 0. The van der Waals surface area contributed by atoms with E-state index >= 15 is 0 Å². The highest BCUT2D eigenvalue weighted by Crippen LogP contribution is 2.29. The maximum Gasteiger partial charge on any atom is 0.223 e. The van der Waals surface area contributed by atoms with Gasteiger partial charge in [0.2, 0.25) is 5.91 Å². The molecule has 2 atom stereocenters. The second-order valence-electron chi connectivity index (χ2n) is 5.71. The molecule has 122 valence electrons. The van der Waals surface area contributed by atoms with Crippen LogP contribution in [0.1, 0.15) is 25.7 Å². The Balaban J connectivity index is 0.00000176. The Morgan fingerprint density at radius 2 is 2.05 bits per heavy atom. The molecule has 6 heteroatoms. The van der Waals surface area contributed by atoms with E-state index in [1.807, 2.05) is 6.07 Å². The standard InChI is InChI=1S/C16H21FN2OS.ClH/c17-14-3-1-2-4-15(14)21-10-8-16(20)19-12-5-6-13(19)11-18-9-7-12;/h1-4,12-13,18H,5-11H2;1H. The third-order valence-electron chi connectivity index (χ3n) is 4.35. The smallest absolute Gasteiger partial charge is 0.223 e. The molecule has 0 aliphatic carbocycles. The summed E-state index contributed by atoms with van der Waals surface area (Å²) >= 11 is 1.43. The second-order valence-corrected chi connectivity index (χ2v) is 6.84. The van der Waals surface area contributed by atoms with Crippen molar-refractivity contribution in [3.63, 3.8) is 0 Å². The molecule has 2 saturated heterocycles. The van der Waals surface area contributed by atoms with Gasteiger partial charge in [0.05, 0.1) is 0 Å². The molecule has 2 aliphatic rings. The van der Waals surface area contributed by atoms with Gasteiger partial charge in [-0.05, 0) is 37.9 Å². The summed E-state index contributed by atoms with van der Waals surface area (Å²) in [6.45, 7) is 1.93. The van der Waals surface area contributed by atoms with Gasteiger partial charge in [0.15, 0.2) is 0 Å². The van der Waals surface area contributed by atoms with E-state index in [9.17, 15) is 9.18 Å². The SMILES string of the molecule is Cl.O=C(CCSc1ccccc1F)N1C2CCNCC1CC2. The summed E-state index contributed by atoms with van der Waals surface area (Å²) in [4.78, 5) is 15.2. The number of hydrogen-bond acceptors (Lipinski definition) is 3. The van der Waals surface area contributed by atoms with Gasteiger partial charge in [-0.3, -0.25) is 4.79 Å². The maximum atomic E-state index is 13.5. The molecule has 3 rings (SSSR count). The molecule has 0 saturated carbocycles. The monoisotopic (exact) mass is 344 g/mol. The fourth-order valence-corrected chi connectivity index (χ4v) is 4.21. The van der Waals surface area contributed by atoms with Gasteiger partial charge in [-0.1, -0.05) is 12.1 Å². The van der Waals surface area contributed by atoms with Crippen molar-refractivity contribution in [1.29, 1.82) is 0 Å². The van der Waals surface area contributed by atoms with E-state index in [2.05, 4.69) is 10.2 Å². The van der Waals surface area contributed by atoms with E-state index in [4.69, 9.17) is 0 Å². The molecule has 0 spiro atoms. The van der Waals surface area contributed by atoms with Crippen LogP contribution in [0.4, 0.5) is 4.39 Å². The van der Waals surface area contributed by atoms with Crippen LogP contribution in [0.25, 0.3) is 0 Å². The zero-order valence-electron chi connectivity index (χ0n) is 12.5. The maximum absolute atomic E-state index is 13.5. The quantitative estimate of drug-likeness (QED) is 0.852. The topological polar surface area (TPSA) is 32.3 Å². The lowest BCUT2D eigenvalue weighted by Crippen LogP contribution is -2.42. The molecular weight excluding hydrogens is 323 g/mol. The number of rotatable bonds is 4. The van der Waals surface area contributed by atoms with Gasteiger partial charge in [-0.2, -0.15) is 0 Å². The fourth-order valence-electron chi connectivity index (χ4n) is 3.33. The van der Waals surface area contributed by atoms with Crippen LogP contribution in [-0.2, 0) is 4.79 Å². The summed E-state index contributed by atoms with van der Waals surface area (Å²) in [6.07, 6.45) is 3.80. The Morgan fingerprint density at radius 3 is 2.86 bits per heavy atom. The van der Waals surface area contributed by atoms with Crippen LogP contribution in [-0.4, -0.2) is 41.7 Å². The molecule has 0 radical (unpaired) electrons. The first-order valence-corrected chi connectivity index (χ1v) is 8.63. The molecule has 22 heavy (non-hydrogen) atoms. The Kier molecular flexibility index (Phi) is 6.53. The number of hydrogen-bond donors (Lipinski definition) is 1. The number of carbonyl (C=O) groups is 1. The number of fused-ring (bicyclic) bond motifs is 2. The first-order chi connectivity index (χ1) is 10.3. The highest BCUT2D eigenvalue weighted by Gasteiger charge is 2.37. The lowest BCUT2D eigenvalue weighted by Gasteiger charge is -2.28. The van der Waals surface area contributed by atoms with Crippen molar-refractivity contribution in [1.82, 2.24) is 10.2 Å². The van der Waals surface area contributed by atoms with Gasteiger partial charge in [-0.25, -0.2) is 4.39 Å². The molecule has 2 unspecified atom stereocenters. The largest absolute Gasteiger partial charge is 0.335 e. The Bertz CT molecular complexity index is 503. The molecular formula is C16H22ClFN2OS. The lowest BCUT2D eigenvalue weighted by atomic mass is 10.1. The zero-order valence-corrected chi connectivity index (χ0v) is 14.1. The summed E-state index contributed by atoms with van der Waals surface area (Å²) in [6, 6.07) is 7.52. The van der Waals surface area contributed by atoms with E-state index in [0.29, 0.717) is 29.2 Å². The zero-order chi connectivity index (χ0) is 14.7. The molecule has 3 nitrogen and oxygen atoms in total. The van der Waals surface area contributed by atoms with Crippen LogP contribution in [0.3, 0.4) is 0 Å². The minimum atomic E-state index is -0.200. The van der Waals surface area contributed by atoms with Crippen molar-refractivity contribution < 1.29 is 9.18 Å². The molecule has 1 aromatic carbocycles. The summed E-state index contributed by atoms with van der Waals surface area (Å²) < 4.78 is 13.5. The van der Waals surface area contributed by atoms with E-state index in [1.165, 1.54) is 17.8 Å². The highest BCUT2D eigenvalue weighted by atomic mass is 35.5. The van der Waals surface area contributed by atoms with Crippen LogP contribution >= 0.6 is 24.2 Å². The normalized spacial score (nSPS) is 23.8. The predicted molar refractivity (Wildman–Crippen MR) is 90.1 cm³/mol. The van der Waals surface area contributed by atoms with Gasteiger partial charge in [0.1, 0.15) is 5.82 Å². The third-order valence-corrected chi connectivity index (χ3v) is 5.40. The molecule has 2 heterocycles. The van der Waals surface area contributed by atoms with E-state index in [0.717, 1.165) is 32.4 Å². The molecule has 1 N–H and O–H groups in total. The molecule has 2 aliphatic heterocycles. The number of carbonyl (C=O) groups excluding carboxylic acids is 1. The van der Waals surface area contributed by atoms with Crippen LogP contribution in [0.15, 0.2) is 29.2 Å². The third kappa shape index (κ3) is 3.94.